The molecule has 0 atom stereocenters. The minimum atomic E-state index is 0.286. The lowest BCUT2D eigenvalue weighted by atomic mass is 10.2. The highest BCUT2D eigenvalue weighted by Crippen LogP contribution is 2.29. The van der Waals surface area contributed by atoms with E-state index in [2.05, 4.69) is 18.8 Å². The number of halogens is 1. The number of benzene rings is 1. The maximum atomic E-state index is 5.69. The van der Waals surface area contributed by atoms with Crippen LogP contribution in [0.2, 0.25) is 0 Å². The SMILES string of the molecule is C=C(Cl)COc1ccc(CNCC)cc1OCC. The third-order valence-electron chi connectivity index (χ3n) is 2.27. The van der Waals surface area contributed by atoms with Gasteiger partial charge >= 0.3 is 0 Å². The lowest BCUT2D eigenvalue weighted by Gasteiger charge is -2.13. The molecule has 100 valence electrons. The fourth-order valence-electron chi connectivity index (χ4n) is 1.48. The van der Waals surface area contributed by atoms with Crippen LogP contribution >= 0.6 is 11.6 Å². The summed E-state index contributed by atoms with van der Waals surface area (Å²) >= 11 is 5.69. The maximum Gasteiger partial charge on any atom is 0.161 e. The zero-order valence-electron chi connectivity index (χ0n) is 11.0. The Morgan fingerprint density at radius 2 is 2.06 bits per heavy atom. The van der Waals surface area contributed by atoms with Crippen LogP contribution in [0.15, 0.2) is 29.8 Å². The van der Waals surface area contributed by atoms with Gasteiger partial charge < -0.3 is 14.8 Å². The smallest absolute Gasteiger partial charge is 0.161 e. The molecule has 0 saturated heterocycles. The summed E-state index contributed by atoms with van der Waals surface area (Å²) in [5, 5.41) is 3.74. The molecule has 18 heavy (non-hydrogen) atoms. The van der Waals surface area contributed by atoms with Crippen molar-refractivity contribution >= 4 is 11.6 Å². The summed E-state index contributed by atoms with van der Waals surface area (Å²) in [5.41, 5.74) is 1.16. The second-order valence-electron chi connectivity index (χ2n) is 3.80. The minimum Gasteiger partial charge on any atom is -0.490 e. The normalized spacial score (nSPS) is 10.2. The van der Waals surface area contributed by atoms with Crippen molar-refractivity contribution in [1.29, 1.82) is 0 Å². The average Bonchev–Trinajstić information content (AvgIpc) is 2.35. The summed E-state index contributed by atoms with van der Waals surface area (Å²) < 4.78 is 11.1. The van der Waals surface area contributed by atoms with Gasteiger partial charge in [-0.1, -0.05) is 31.2 Å². The van der Waals surface area contributed by atoms with Crippen LogP contribution in [0.3, 0.4) is 0 Å². The lowest BCUT2D eigenvalue weighted by molar-refractivity contribution is 0.295. The van der Waals surface area contributed by atoms with E-state index >= 15 is 0 Å². The van der Waals surface area contributed by atoms with E-state index in [9.17, 15) is 0 Å². The predicted molar refractivity (Wildman–Crippen MR) is 75.5 cm³/mol. The first-order valence-corrected chi connectivity index (χ1v) is 6.47. The maximum absolute atomic E-state index is 5.69. The summed E-state index contributed by atoms with van der Waals surface area (Å²) in [5.74, 6) is 1.43. The topological polar surface area (TPSA) is 30.5 Å². The molecule has 0 amide bonds. The highest BCUT2D eigenvalue weighted by molar-refractivity contribution is 6.29. The Morgan fingerprint density at radius 1 is 1.28 bits per heavy atom. The number of hydrogen-bond acceptors (Lipinski definition) is 3. The van der Waals surface area contributed by atoms with Crippen LogP contribution in [-0.4, -0.2) is 19.8 Å². The molecule has 3 nitrogen and oxygen atoms in total. The van der Waals surface area contributed by atoms with Crippen LogP contribution in [0.4, 0.5) is 0 Å². The van der Waals surface area contributed by atoms with Crippen LogP contribution < -0.4 is 14.8 Å². The zero-order valence-corrected chi connectivity index (χ0v) is 11.7. The van der Waals surface area contributed by atoms with Crippen molar-refractivity contribution in [3.63, 3.8) is 0 Å². The molecule has 0 spiro atoms. The monoisotopic (exact) mass is 269 g/mol. The molecule has 0 aliphatic carbocycles. The standard InChI is InChI=1S/C14H20ClNO2/c1-4-16-9-12-6-7-13(18-10-11(3)15)14(8-12)17-5-2/h6-8,16H,3-5,9-10H2,1-2H3. The molecule has 1 rings (SSSR count). The zero-order chi connectivity index (χ0) is 13.4. The van der Waals surface area contributed by atoms with Crippen LogP contribution in [0.1, 0.15) is 19.4 Å². The molecule has 1 aromatic rings. The minimum absolute atomic E-state index is 0.286. The highest BCUT2D eigenvalue weighted by atomic mass is 35.5. The molecule has 0 aliphatic heterocycles. The van der Waals surface area contributed by atoms with Crippen molar-refractivity contribution in [3.8, 4) is 11.5 Å². The molecule has 0 heterocycles. The molecule has 1 N–H and O–H groups in total. The summed E-state index contributed by atoms with van der Waals surface area (Å²) in [7, 11) is 0. The predicted octanol–water partition coefficient (Wildman–Crippen LogP) is 3.33. The van der Waals surface area contributed by atoms with Crippen LogP contribution in [0.25, 0.3) is 0 Å². The van der Waals surface area contributed by atoms with Crippen LogP contribution in [-0.2, 0) is 6.54 Å². The summed E-state index contributed by atoms with van der Waals surface area (Å²) in [6.07, 6.45) is 0. The van der Waals surface area contributed by atoms with E-state index in [0.717, 1.165) is 24.4 Å². The summed E-state index contributed by atoms with van der Waals surface area (Å²) in [6.45, 7) is 10.3. The quantitative estimate of drug-likeness (QED) is 0.785. The Labute approximate surface area is 114 Å². The number of nitrogens with one attached hydrogen (secondary N) is 1. The summed E-state index contributed by atoms with van der Waals surface area (Å²) in [4.78, 5) is 0. The average molecular weight is 270 g/mol. The largest absolute Gasteiger partial charge is 0.490 e. The van der Waals surface area contributed by atoms with Gasteiger partial charge in [0.05, 0.1) is 6.61 Å². The van der Waals surface area contributed by atoms with E-state index in [0.29, 0.717) is 17.4 Å². The molecule has 1 aromatic carbocycles. The fraction of sp³-hybridized carbons (Fsp3) is 0.429. The van der Waals surface area contributed by atoms with Gasteiger partial charge in [-0.3, -0.25) is 0 Å². The molecule has 0 aliphatic rings. The third kappa shape index (κ3) is 4.98. The second kappa shape index (κ2) is 8.01. The number of rotatable bonds is 8. The highest BCUT2D eigenvalue weighted by Gasteiger charge is 2.06. The number of hydrogen-bond donors (Lipinski definition) is 1. The molecule has 0 fully saturated rings. The van der Waals surface area contributed by atoms with Gasteiger partial charge in [0.25, 0.3) is 0 Å². The molecule has 0 aromatic heterocycles. The first-order valence-electron chi connectivity index (χ1n) is 6.09. The van der Waals surface area contributed by atoms with Gasteiger partial charge in [0, 0.05) is 11.6 Å². The van der Waals surface area contributed by atoms with E-state index in [1.54, 1.807) is 0 Å². The fourth-order valence-corrected chi connectivity index (χ4v) is 1.53. The Kier molecular flexibility index (Phi) is 6.61. The van der Waals surface area contributed by atoms with Crippen LogP contribution in [0, 0.1) is 0 Å². The van der Waals surface area contributed by atoms with Gasteiger partial charge in [-0.05, 0) is 31.2 Å². The number of ether oxygens (including phenoxy) is 2. The van der Waals surface area contributed by atoms with Gasteiger partial charge in [-0.15, -0.1) is 0 Å². The molecule has 0 unspecified atom stereocenters. The lowest BCUT2D eigenvalue weighted by Crippen LogP contribution is -2.12. The van der Waals surface area contributed by atoms with Crippen molar-refractivity contribution in [2.45, 2.75) is 20.4 Å². The first kappa shape index (κ1) is 14.9. The van der Waals surface area contributed by atoms with Gasteiger partial charge in [-0.25, -0.2) is 0 Å². The van der Waals surface area contributed by atoms with E-state index in [1.807, 2.05) is 25.1 Å². The van der Waals surface area contributed by atoms with Gasteiger partial charge in [0.15, 0.2) is 11.5 Å². The Balaban J connectivity index is 2.78. The Hall–Kier alpha value is -1.19. The van der Waals surface area contributed by atoms with E-state index in [1.165, 1.54) is 0 Å². The van der Waals surface area contributed by atoms with Crippen molar-refractivity contribution in [2.24, 2.45) is 0 Å². The Morgan fingerprint density at radius 3 is 2.67 bits per heavy atom. The van der Waals surface area contributed by atoms with Gasteiger partial charge in [0.2, 0.25) is 0 Å². The van der Waals surface area contributed by atoms with Crippen molar-refractivity contribution in [1.82, 2.24) is 5.32 Å². The van der Waals surface area contributed by atoms with E-state index in [4.69, 9.17) is 21.1 Å². The molecule has 0 saturated carbocycles. The molecule has 0 bridgehead atoms. The van der Waals surface area contributed by atoms with E-state index < -0.39 is 0 Å². The Bertz CT molecular complexity index is 393. The van der Waals surface area contributed by atoms with Crippen LogP contribution in [0.5, 0.6) is 11.5 Å². The molecular weight excluding hydrogens is 250 g/mol. The molecular formula is C14H20ClNO2. The van der Waals surface area contributed by atoms with Crippen molar-refractivity contribution in [2.75, 3.05) is 19.8 Å². The summed E-state index contributed by atoms with van der Waals surface area (Å²) in [6, 6.07) is 5.90. The molecule has 4 heteroatoms. The van der Waals surface area contributed by atoms with E-state index in [-0.39, 0.29) is 6.61 Å². The third-order valence-corrected chi connectivity index (χ3v) is 2.38. The van der Waals surface area contributed by atoms with Gasteiger partial charge in [-0.2, -0.15) is 0 Å². The first-order chi connectivity index (χ1) is 8.67. The second-order valence-corrected chi connectivity index (χ2v) is 4.33. The van der Waals surface area contributed by atoms with Gasteiger partial charge in [0.1, 0.15) is 6.61 Å². The van der Waals surface area contributed by atoms with Crippen molar-refractivity contribution < 1.29 is 9.47 Å². The van der Waals surface area contributed by atoms with Crippen molar-refractivity contribution in [3.05, 3.63) is 35.4 Å². The molecule has 0 radical (unpaired) electrons.